The van der Waals surface area contributed by atoms with Crippen molar-refractivity contribution in [1.82, 2.24) is 45.7 Å². The van der Waals surface area contributed by atoms with Crippen LogP contribution in [-0.2, 0) is 25.5 Å². The maximum absolute atomic E-state index is 17.1. The molecule has 3 aromatic carbocycles. The number of phenols is 1. The number of aromatic hydroxyl groups is 1. The molecule has 0 saturated carbocycles. The number of rotatable bonds is 18. The molecule has 2 bridgehead atoms. The second kappa shape index (κ2) is 23.4. The normalized spacial score (nSPS) is 21.7. The largest absolute Gasteiger partial charge is 0.508 e. The number of nitrogens with zero attached hydrogens (tertiary/aromatic N) is 7. The van der Waals surface area contributed by atoms with E-state index in [2.05, 4.69) is 37.7 Å². The number of carbonyl (C=O) groups excluding carboxylic acids is 3. The van der Waals surface area contributed by atoms with Gasteiger partial charge in [-0.2, -0.15) is 9.97 Å². The summed E-state index contributed by atoms with van der Waals surface area (Å²) in [4.78, 5) is 67.7. The SMILES string of the molecule is CCc1cccc2cc(O)cc(-c3ncc4c(N5CC6CCC(C5)N6)nc(OCCN5CCC(CCOCC(=O)NC(C(=O)N6CC(O)C[C@@]6(C)C(=O)N[C@@H](C)c6ccc(-c7scnc7C)cc6)C(C)(C)C)CC5)nc4c3F)c12. The van der Waals surface area contributed by atoms with Crippen LogP contribution in [0.3, 0.4) is 0 Å². The van der Waals surface area contributed by atoms with Crippen LogP contribution in [0, 0.1) is 24.1 Å². The monoisotopic (exact) mass is 1100 g/mol. The van der Waals surface area contributed by atoms with Crippen molar-refractivity contribution in [3.63, 3.8) is 0 Å². The van der Waals surface area contributed by atoms with Crippen LogP contribution in [0.15, 0.2) is 66.3 Å². The van der Waals surface area contributed by atoms with E-state index in [-0.39, 0.29) is 54.5 Å². The molecule has 4 fully saturated rings. The first kappa shape index (κ1) is 55.9. The predicted molar refractivity (Wildman–Crippen MR) is 305 cm³/mol. The Kier molecular flexibility index (Phi) is 16.5. The Bertz CT molecular complexity index is 3190. The molecule has 6 atom stereocenters. The van der Waals surface area contributed by atoms with Crippen LogP contribution in [0.25, 0.3) is 43.4 Å². The lowest BCUT2D eigenvalue weighted by atomic mass is 9.84. The van der Waals surface area contributed by atoms with Crippen molar-refractivity contribution >= 4 is 56.6 Å². The minimum absolute atomic E-state index is 0.0289. The fourth-order valence-corrected chi connectivity index (χ4v) is 13.0. The Morgan fingerprint density at radius 3 is 2.42 bits per heavy atom. The number of halogens is 1. The summed E-state index contributed by atoms with van der Waals surface area (Å²) in [5.41, 5.74) is 4.42. The lowest BCUT2D eigenvalue weighted by Gasteiger charge is -2.40. The standard InChI is InChI=1S/C60H75FN10O7S/c1-8-38-10-9-11-41-26-44(72)27-46(49(38)41)51-50(61)52-47(29-62-51)55(70-30-42-16-17-43(31-70)65-42)68-58(67-52)78-25-23-69-21-18-37(19-22-69)20-24-77-33-48(74)66-54(59(4,5)6)56(75)71-32-45(73)28-60(71,7)57(76)64-35(2)39-12-14-40(15-13-39)53-36(3)63-34-79-53/h9-15,26-27,29,34-35,37,42-43,45,54,65,72-73H,8,16-25,28,30-33H2,1-7H3,(H,64,76)(H,66,74)/t35-,42?,43?,45?,54?,60-/m0/s1. The van der Waals surface area contributed by atoms with Gasteiger partial charge in [0.2, 0.25) is 17.7 Å². The van der Waals surface area contributed by atoms with Gasteiger partial charge in [0.15, 0.2) is 5.82 Å². The average Bonchev–Trinajstić information content (AvgIpc) is 4.20. The number of piperazine rings is 1. The Labute approximate surface area is 465 Å². The topological polar surface area (TPSA) is 208 Å². The number of fused-ring (bicyclic) bond motifs is 4. The van der Waals surface area contributed by atoms with Crippen molar-refractivity contribution < 1.29 is 38.5 Å². The first-order valence-electron chi connectivity index (χ1n) is 28.0. The molecule has 7 heterocycles. The predicted octanol–water partition coefficient (Wildman–Crippen LogP) is 7.88. The molecule has 79 heavy (non-hydrogen) atoms. The molecule has 17 nitrogen and oxygen atoms in total. The van der Waals surface area contributed by atoms with Gasteiger partial charge in [-0.1, -0.05) is 70.2 Å². The van der Waals surface area contributed by atoms with Gasteiger partial charge in [0.25, 0.3) is 0 Å². The van der Waals surface area contributed by atoms with Crippen molar-refractivity contribution in [2.24, 2.45) is 11.3 Å². The fourth-order valence-electron chi connectivity index (χ4n) is 12.2. The number of aryl methyl sites for hydroxylation is 2. The number of carbonyl (C=O) groups is 3. The van der Waals surface area contributed by atoms with Crippen LogP contribution < -0.4 is 25.6 Å². The van der Waals surface area contributed by atoms with Crippen molar-refractivity contribution in [1.29, 1.82) is 0 Å². The number of aliphatic hydroxyl groups is 1. The Morgan fingerprint density at radius 1 is 0.975 bits per heavy atom. The third-order valence-electron chi connectivity index (χ3n) is 16.7. The highest BCUT2D eigenvalue weighted by atomic mass is 32.1. The lowest BCUT2D eigenvalue weighted by molar-refractivity contribution is -0.149. The number of phenolic OH excluding ortho intramolecular Hbond substituents is 1. The van der Waals surface area contributed by atoms with E-state index in [4.69, 9.17) is 24.4 Å². The average molecular weight is 1100 g/mol. The number of nitrogens with one attached hydrogen (secondary N) is 3. The van der Waals surface area contributed by atoms with Gasteiger partial charge in [-0.15, -0.1) is 11.3 Å². The smallest absolute Gasteiger partial charge is 0.319 e. The van der Waals surface area contributed by atoms with Gasteiger partial charge in [-0.05, 0) is 123 Å². The van der Waals surface area contributed by atoms with E-state index >= 15 is 4.39 Å². The highest BCUT2D eigenvalue weighted by molar-refractivity contribution is 7.13. The summed E-state index contributed by atoms with van der Waals surface area (Å²) in [5, 5.41) is 33.5. The van der Waals surface area contributed by atoms with Crippen molar-refractivity contribution in [2.45, 2.75) is 129 Å². The molecule has 3 amide bonds. The number of hydrogen-bond acceptors (Lipinski definition) is 15. The number of aromatic nitrogens is 4. The quantitative estimate of drug-likeness (QED) is 0.0520. The lowest BCUT2D eigenvalue weighted by Crippen LogP contribution is -2.62. The number of pyridine rings is 1. The molecule has 0 spiro atoms. The van der Waals surface area contributed by atoms with Crippen molar-refractivity contribution in [2.75, 3.05) is 64.0 Å². The summed E-state index contributed by atoms with van der Waals surface area (Å²) in [6, 6.07) is 16.5. The maximum atomic E-state index is 17.1. The second-order valence-corrected chi connectivity index (χ2v) is 24.3. The molecular weight excluding hydrogens is 1020 g/mol. The van der Waals surface area contributed by atoms with Crippen molar-refractivity contribution in [3.05, 3.63) is 88.9 Å². The van der Waals surface area contributed by atoms with E-state index in [1.807, 2.05) is 82.6 Å². The Balaban J connectivity index is 0.711. The van der Waals surface area contributed by atoms with Gasteiger partial charge in [-0.3, -0.25) is 24.3 Å². The van der Waals surface area contributed by atoms with Crippen LogP contribution in [0.4, 0.5) is 10.2 Å². The molecule has 5 N–H and O–H groups in total. The zero-order chi connectivity index (χ0) is 55.8. The Morgan fingerprint density at radius 2 is 1.72 bits per heavy atom. The van der Waals surface area contributed by atoms with Gasteiger partial charge in [-0.25, -0.2) is 9.37 Å². The molecule has 4 unspecified atom stereocenters. The molecule has 19 heteroatoms. The summed E-state index contributed by atoms with van der Waals surface area (Å²) in [6.07, 6.45) is 6.32. The first-order valence-corrected chi connectivity index (χ1v) is 28.9. The fraction of sp³-hybridized carbons (Fsp3) is 0.517. The zero-order valence-corrected chi connectivity index (χ0v) is 47.3. The van der Waals surface area contributed by atoms with Crippen LogP contribution in [-0.4, -0.2) is 147 Å². The van der Waals surface area contributed by atoms with Crippen LogP contribution in [0.5, 0.6) is 11.8 Å². The van der Waals surface area contributed by atoms with Gasteiger partial charge >= 0.3 is 6.01 Å². The number of ether oxygens (including phenoxy) is 2. The highest BCUT2D eigenvalue weighted by Gasteiger charge is 2.52. The number of β-amino-alcohol motifs (C(OH)–C–C–N with tert-alkyl or cyclic N) is 1. The van der Waals surface area contributed by atoms with E-state index in [9.17, 15) is 24.6 Å². The molecule has 4 aliphatic rings. The molecule has 4 saturated heterocycles. The van der Waals surface area contributed by atoms with Crippen LogP contribution in [0.2, 0.25) is 0 Å². The molecule has 420 valence electrons. The molecule has 10 rings (SSSR count). The molecule has 0 radical (unpaired) electrons. The summed E-state index contributed by atoms with van der Waals surface area (Å²) < 4.78 is 29.3. The zero-order valence-electron chi connectivity index (χ0n) is 46.5. The van der Waals surface area contributed by atoms with E-state index < -0.39 is 40.7 Å². The summed E-state index contributed by atoms with van der Waals surface area (Å²) in [5.74, 6) is -0.811. The van der Waals surface area contributed by atoms with E-state index in [0.717, 1.165) is 103 Å². The van der Waals surface area contributed by atoms with Gasteiger partial charge in [0.1, 0.15) is 47.6 Å². The number of thiazole rings is 1. The van der Waals surface area contributed by atoms with Gasteiger partial charge < -0.3 is 45.4 Å². The summed E-state index contributed by atoms with van der Waals surface area (Å²) in [6.45, 7) is 17.4. The summed E-state index contributed by atoms with van der Waals surface area (Å²) in [7, 11) is 0. The molecule has 0 aliphatic carbocycles. The number of anilines is 1. The van der Waals surface area contributed by atoms with E-state index in [1.54, 1.807) is 36.6 Å². The highest BCUT2D eigenvalue weighted by Crippen LogP contribution is 2.40. The minimum atomic E-state index is -1.35. The van der Waals surface area contributed by atoms with Crippen LogP contribution >= 0.6 is 11.3 Å². The first-order chi connectivity index (χ1) is 37.9. The van der Waals surface area contributed by atoms with Gasteiger partial charge in [0, 0.05) is 63.1 Å². The van der Waals surface area contributed by atoms with E-state index in [0.29, 0.717) is 54.5 Å². The second-order valence-electron chi connectivity index (χ2n) is 23.4. The number of piperidine rings is 1. The van der Waals surface area contributed by atoms with Crippen molar-refractivity contribution in [3.8, 4) is 33.5 Å². The number of benzene rings is 3. The third kappa shape index (κ3) is 12.1. The Hall–Kier alpha value is -6.38. The van der Waals surface area contributed by atoms with Gasteiger partial charge in [0.05, 0.1) is 33.6 Å². The molecule has 3 aromatic heterocycles. The molecule has 6 aromatic rings. The number of likely N-dealkylation sites (tertiary alicyclic amines) is 2. The minimum Gasteiger partial charge on any atom is -0.508 e. The third-order valence-corrected chi connectivity index (χ3v) is 17.6. The van der Waals surface area contributed by atoms with E-state index in [1.165, 1.54) is 4.90 Å². The molecular formula is C60H75FN10O7S. The number of hydrogen-bond donors (Lipinski definition) is 5. The molecule has 4 aliphatic heterocycles. The van der Waals surface area contributed by atoms with Crippen LogP contribution in [0.1, 0.15) is 103 Å². The number of aliphatic hydroxyl groups excluding tert-OH is 1. The maximum Gasteiger partial charge on any atom is 0.319 e. The number of amides is 3. The summed E-state index contributed by atoms with van der Waals surface area (Å²) >= 11 is 1.58.